The summed E-state index contributed by atoms with van der Waals surface area (Å²) in [6, 6.07) is 4.46. The fourth-order valence-electron chi connectivity index (χ4n) is 2.42. The molecule has 1 N–H and O–H groups in total. The van der Waals surface area contributed by atoms with Crippen molar-refractivity contribution in [1.82, 2.24) is 4.98 Å². The first kappa shape index (κ1) is 13.1. The van der Waals surface area contributed by atoms with Crippen LogP contribution in [0.5, 0.6) is 5.88 Å². The van der Waals surface area contributed by atoms with Crippen molar-refractivity contribution in [3.05, 3.63) is 18.3 Å². The molecule has 0 radical (unpaired) electrons. The maximum absolute atomic E-state index is 5.52. The summed E-state index contributed by atoms with van der Waals surface area (Å²) in [5, 5.41) is 3.54. The second kappa shape index (κ2) is 6.59. The van der Waals surface area contributed by atoms with Crippen LogP contribution in [0.1, 0.15) is 32.6 Å². The molecule has 0 saturated heterocycles. The van der Waals surface area contributed by atoms with E-state index in [-0.39, 0.29) is 0 Å². The van der Waals surface area contributed by atoms with E-state index in [1.165, 1.54) is 0 Å². The highest BCUT2D eigenvalue weighted by atomic mass is 16.5. The maximum atomic E-state index is 5.52. The predicted molar refractivity (Wildman–Crippen MR) is 72.1 cm³/mol. The van der Waals surface area contributed by atoms with Gasteiger partial charge in [-0.2, -0.15) is 0 Å². The highest BCUT2D eigenvalue weighted by Crippen LogP contribution is 2.27. The van der Waals surface area contributed by atoms with Crippen molar-refractivity contribution >= 4 is 5.69 Å². The molecule has 4 heteroatoms. The molecule has 0 amide bonds. The molecule has 1 heterocycles. The van der Waals surface area contributed by atoms with Crippen LogP contribution in [-0.2, 0) is 4.74 Å². The second-order valence-electron chi connectivity index (χ2n) is 4.64. The van der Waals surface area contributed by atoms with Crippen LogP contribution in [0.3, 0.4) is 0 Å². The molecule has 0 aliphatic heterocycles. The van der Waals surface area contributed by atoms with E-state index in [0.717, 1.165) is 31.4 Å². The molecular formula is C14H22N2O2. The fourth-order valence-corrected chi connectivity index (χ4v) is 2.42. The second-order valence-corrected chi connectivity index (χ2v) is 4.64. The molecule has 4 nitrogen and oxygen atoms in total. The fraction of sp³-hybridized carbons (Fsp3) is 0.643. The van der Waals surface area contributed by atoms with Gasteiger partial charge in [0.2, 0.25) is 5.88 Å². The van der Waals surface area contributed by atoms with Gasteiger partial charge in [0.05, 0.1) is 18.4 Å². The average molecular weight is 250 g/mol. The van der Waals surface area contributed by atoms with Crippen molar-refractivity contribution in [2.24, 2.45) is 0 Å². The zero-order valence-corrected chi connectivity index (χ0v) is 11.2. The van der Waals surface area contributed by atoms with Gasteiger partial charge in [0.25, 0.3) is 0 Å². The zero-order chi connectivity index (χ0) is 12.8. The first-order valence-corrected chi connectivity index (χ1v) is 6.70. The third-order valence-corrected chi connectivity index (χ3v) is 3.42. The van der Waals surface area contributed by atoms with Crippen LogP contribution in [0.2, 0.25) is 0 Å². The van der Waals surface area contributed by atoms with Gasteiger partial charge in [-0.05, 0) is 44.7 Å². The Balaban J connectivity index is 1.93. The van der Waals surface area contributed by atoms with Gasteiger partial charge in [0.15, 0.2) is 0 Å². The number of anilines is 1. The van der Waals surface area contributed by atoms with Crippen molar-refractivity contribution in [2.45, 2.75) is 44.8 Å². The molecule has 0 bridgehead atoms. The zero-order valence-electron chi connectivity index (χ0n) is 11.2. The molecule has 2 rings (SSSR count). The van der Waals surface area contributed by atoms with Crippen LogP contribution in [0, 0.1) is 0 Å². The number of hydrogen-bond acceptors (Lipinski definition) is 4. The van der Waals surface area contributed by atoms with E-state index in [9.17, 15) is 0 Å². The van der Waals surface area contributed by atoms with Crippen molar-refractivity contribution in [3.63, 3.8) is 0 Å². The number of ether oxygens (including phenoxy) is 2. The Hall–Kier alpha value is -1.29. The summed E-state index contributed by atoms with van der Waals surface area (Å²) < 4.78 is 10.9. The Kier molecular flexibility index (Phi) is 4.81. The van der Waals surface area contributed by atoms with Crippen molar-refractivity contribution in [2.75, 3.05) is 19.0 Å². The molecule has 100 valence electrons. The largest absolute Gasteiger partial charge is 0.476 e. The Morgan fingerprint density at radius 2 is 2.11 bits per heavy atom. The lowest BCUT2D eigenvalue weighted by Crippen LogP contribution is -2.29. The number of methoxy groups -OCH3 is 1. The molecule has 0 atom stereocenters. The first-order chi connectivity index (χ1) is 8.83. The van der Waals surface area contributed by atoms with Crippen LogP contribution in [0.15, 0.2) is 18.3 Å². The Morgan fingerprint density at radius 1 is 1.33 bits per heavy atom. The van der Waals surface area contributed by atoms with Gasteiger partial charge >= 0.3 is 0 Å². The summed E-state index contributed by atoms with van der Waals surface area (Å²) >= 11 is 0. The standard InChI is InChI=1S/C14H22N2O2/c1-3-18-14-13(5-4-10-15-14)16-11-6-8-12(17-2)9-7-11/h4-5,10-12,16H,3,6-9H2,1-2H3. The van der Waals surface area contributed by atoms with Gasteiger partial charge in [-0.25, -0.2) is 4.98 Å². The molecular weight excluding hydrogens is 228 g/mol. The van der Waals surface area contributed by atoms with Crippen molar-refractivity contribution < 1.29 is 9.47 Å². The van der Waals surface area contributed by atoms with Gasteiger partial charge < -0.3 is 14.8 Å². The number of nitrogens with zero attached hydrogens (tertiary/aromatic N) is 1. The SMILES string of the molecule is CCOc1ncccc1NC1CCC(OC)CC1. The topological polar surface area (TPSA) is 43.4 Å². The molecule has 1 aliphatic carbocycles. The minimum Gasteiger partial charge on any atom is -0.476 e. The average Bonchev–Trinajstić information content (AvgIpc) is 2.42. The van der Waals surface area contributed by atoms with Gasteiger partial charge in [0, 0.05) is 19.3 Å². The molecule has 1 aromatic rings. The highest BCUT2D eigenvalue weighted by molar-refractivity contribution is 5.52. The molecule has 1 saturated carbocycles. The molecule has 1 fully saturated rings. The van der Waals surface area contributed by atoms with E-state index in [1.54, 1.807) is 13.3 Å². The molecule has 0 spiro atoms. The number of rotatable bonds is 5. The molecule has 18 heavy (non-hydrogen) atoms. The lowest BCUT2D eigenvalue weighted by atomic mass is 9.93. The Morgan fingerprint density at radius 3 is 2.78 bits per heavy atom. The highest BCUT2D eigenvalue weighted by Gasteiger charge is 2.21. The van der Waals surface area contributed by atoms with Crippen LogP contribution >= 0.6 is 0 Å². The predicted octanol–water partition coefficient (Wildman–Crippen LogP) is 2.85. The number of pyridine rings is 1. The van der Waals surface area contributed by atoms with E-state index in [4.69, 9.17) is 9.47 Å². The summed E-state index contributed by atoms with van der Waals surface area (Å²) in [5.74, 6) is 0.703. The van der Waals surface area contributed by atoms with Crippen LogP contribution in [-0.4, -0.2) is 30.8 Å². The monoisotopic (exact) mass is 250 g/mol. The Labute approximate surface area is 109 Å². The summed E-state index contributed by atoms with van der Waals surface area (Å²) in [4.78, 5) is 4.26. The van der Waals surface area contributed by atoms with E-state index < -0.39 is 0 Å². The first-order valence-electron chi connectivity index (χ1n) is 6.70. The Bertz CT molecular complexity index is 363. The number of nitrogens with one attached hydrogen (secondary N) is 1. The minimum atomic E-state index is 0.434. The lowest BCUT2D eigenvalue weighted by Gasteiger charge is -2.29. The van der Waals surface area contributed by atoms with E-state index in [1.807, 2.05) is 19.1 Å². The third-order valence-electron chi connectivity index (χ3n) is 3.42. The van der Waals surface area contributed by atoms with Gasteiger partial charge in [0.1, 0.15) is 0 Å². The quantitative estimate of drug-likeness (QED) is 0.872. The van der Waals surface area contributed by atoms with Crippen molar-refractivity contribution in [1.29, 1.82) is 0 Å². The van der Waals surface area contributed by atoms with E-state index in [0.29, 0.717) is 24.6 Å². The normalized spacial score (nSPS) is 23.7. The molecule has 0 unspecified atom stereocenters. The van der Waals surface area contributed by atoms with Crippen LogP contribution < -0.4 is 10.1 Å². The minimum absolute atomic E-state index is 0.434. The summed E-state index contributed by atoms with van der Waals surface area (Å²) in [5.41, 5.74) is 1.00. The number of aromatic nitrogens is 1. The molecule has 1 aromatic heterocycles. The third kappa shape index (κ3) is 3.35. The van der Waals surface area contributed by atoms with Crippen LogP contribution in [0.25, 0.3) is 0 Å². The van der Waals surface area contributed by atoms with Gasteiger partial charge in [-0.15, -0.1) is 0 Å². The summed E-state index contributed by atoms with van der Waals surface area (Å²) in [6.07, 6.45) is 6.72. The van der Waals surface area contributed by atoms with Gasteiger partial charge in [-0.3, -0.25) is 0 Å². The molecule has 0 aromatic carbocycles. The number of hydrogen-bond donors (Lipinski definition) is 1. The summed E-state index contributed by atoms with van der Waals surface area (Å²) in [6.45, 7) is 2.62. The van der Waals surface area contributed by atoms with Crippen molar-refractivity contribution in [3.8, 4) is 5.88 Å². The molecule has 1 aliphatic rings. The van der Waals surface area contributed by atoms with E-state index in [2.05, 4.69) is 10.3 Å². The maximum Gasteiger partial charge on any atom is 0.237 e. The lowest BCUT2D eigenvalue weighted by molar-refractivity contribution is 0.0681. The summed E-state index contributed by atoms with van der Waals surface area (Å²) in [7, 11) is 1.80. The van der Waals surface area contributed by atoms with Crippen LogP contribution in [0.4, 0.5) is 5.69 Å². The van der Waals surface area contributed by atoms with E-state index >= 15 is 0 Å². The van der Waals surface area contributed by atoms with Gasteiger partial charge in [-0.1, -0.05) is 0 Å². The smallest absolute Gasteiger partial charge is 0.237 e.